The van der Waals surface area contributed by atoms with Gasteiger partial charge in [-0.3, -0.25) is 25.2 Å². The van der Waals surface area contributed by atoms with Gasteiger partial charge in [0.05, 0.1) is 10.4 Å². The molecule has 10 heteroatoms. The van der Waals surface area contributed by atoms with E-state index in [1.165, 1.54) is 23.5 Å². The third-order valence-corrected chi connectivity index (χ3v) is 5.45. The number of thiophene rings is 1. The number of amides is 3. The van der Waals surface area contributed by atoms with E-state index >= 15 is 0 Å². The fourth-order valence-corrected chi connectivity index (χ4v) is 3.61. The van der Waals surface area contributed by atoms with Crippen LogP contribution in [0.25, 0.3) is 10.4 Å². The fourth-order valence-electron chi connectivity index (χ4n) is 2.70. The van der Waals surface area contributed by atoms with Crippen LogP contribution in [0.1, 0.15) is 32.9 Å². The van der Waals surface area contributed by atoms with Crippen molar-refractivity contribution >= 4 is 29.1 Å². The van der Waals surface area contributed by atoms with Gasteiger partial charge in [0.2, 0.25) is 5.91 Å². The number of hydrazine groups is 1. The minimum atomic E-state index is -0.973. The average molecular weight is 461 g/mol. The number of halogens is 3. The Kier molecular flexibility index (Phi) is 7.61. The molecule has 0 radical (unpaired) electrons. The summed E-state index contributed by atoms with van der Waals surface area (Å²) in [4.78, 5) is 37.1. The van der Waals surface area contributed by atoms with Crippen LogP contribution in [0.2, 0.25) is 0 Å². The lowest BCUT2D eigenvalue weighted by atomic mass is 10.2. The van der Waals surface area contributed by atoms with E-state index < -0.39 is 29.4 Å². The van der Waals surface area contributed by atoms with Crippen molar-refractivity contribution in [3.05, 3.63) is 82.5 Å². The van der Waals surface area contributed by atoms with Crippen molar-refractivity contribution in [2.75, 3.05) is 6.54 Å². The molecule has 3 aromatic rings. The van der Waals surface area contributed by atoms with Gasteiger partial charge in [0.1, 0.15) is 17.5 Å². The molecular weight excluding hydrogens is 443 g/mol. The lowest BCUT2D eigenvalue weighted by Crippen LogP contribution is -2.41. The van der Waals surface area contributed by atoms with Gasteiger partial charge in [-0.15, -0.1) is 11.3 Å². The molecule has 0 atom stereocenters. The molecule has 0 aliphatic rings. The number of benzene rings is 2. The smallest absolute Gasteiger partial charge is 0.279 e. The van der Waals surface area contributed by atoms with Crippen molar-refractivity contribution in [2.24, 2.45) is 0 Å². The Morgan fingerprint density at radius 2 is 1.53 bits per heavy atom. The second kappa shape index (κ2) is 10.6. The number of nitrogens with one attached hydrogen (secondary N) is 3. The molecule has 0 aliphatic carbocycles. The summed E-state index contributed by atoms with van der Waals surface area (Å²) in [6, 6.07) is 11.8. The molecule has 3 N–H and O–H groups in total. The minimum Gasteiger partial charge on any atom is -0.352 e. The highest BCUT2D eigenvalue weighted by Crippen LogP contribution is 2.28. The first kappa shape index (κ1) is 23.0. The molecule has 2 aromatic carbocycles. The highest BCUT2D eigenvalue weighted by atomic mass is 32.1. The highest BCUT2D eigenvalue weighted by molar-refractivity contribution is 7.17. The summed E-state index contributed by atoms with van der Waals surface area (Å²) in [6.07, 6.45) is 0.238. The maximum Gasteiger partial charge on any atom is 0.279 e. The van der Waals surface area contributed by atoms with Gasteiger partial charge in [0.25, 0.3) is 11.8 Å². The van der Waals surface area contributed by atoms with Crippen LogP contribution in [0.4, 0.5) is 13.2 Å². The lowest BCUT2D eigenvalue weighted by Gasteiger charge is -2.08. The first-order valence-electron chi connectivity index (χ1n) is 9.51. The van der Waals surface area contributed by atoms with E-state index in [2.05, 4.69) is 16.2 Å². The van der Waals surface area contributed by atoms with Crippen LogP contribution in [-0.2, 0) is 4.79 Å². The summed E-state index contributed by atoms with van der Waals surface area (Å²) in [6.45, 7) is 0.0863. The van der Waals surface area contributed by atoms with Crippen LogP contribution in [-0.4, -0.2) is 24.3 Å². The van der Waals surface area contributed by atoms with E-state index in [1.54, 1.807) is 24.3 Å². The van der Waals surface area contributed by atoms with Crippen molar-refractivity contribution in [2.45, 2.75) is 12.8 Å². The summed E-state index contributed by atoms with van der Waals surface area (Å²) in [5.74, 6) is -3.81. The van der Waals surface area contributed by atoms with E-state index in [4.69, 9.17) is 0 Å². The van der Waals surface area contributed by atoms with Crippen molar-refractivity contribution in [3.8, 4) is 10.4 Å². The van der Waals surface area contributed by atoms with Gasteiger partial charge in [-0.1, -0.05) is 12.1 Å². The normalized spacial score (nSPS) is 10.5. The van der Waals surface area contributed by atoms with Gasteiger partial charge in [-0.05, 0) is 48.4 Å². The minimum absolute atomic E-state index is 0.00225. The molecule has 1 aromatic heterocycles. The molecule has 32 heavy (non-hydrogen) atoms. The Labute approximate surface area is 185 Å². The zero-order valence-electron chi connectivity index (χ0n) is 16.6. The Morgan fingerprint density at radius 1 is 0.812 bits per heavy atom. The third kappa shape index (κ3) is 6.17. The fraction of sp³-hybridized carbons (Fsp3) is 0.136. The second-order valence-corrected chi connectivity index (χ2v) is 7.74. The van der Waals surface area contributed by atoms with E-state index in [9.17, 15) is 27.6 Å². The highest BCUT2D eigenvalue weighted by Gasteiger charge is 2.13. The molecule has 0 bridgehead atoms. The van der Waals surface area contributed by atoms with Gasteiger partial charge in [0.15, 0.2) is 0 Å². The Balaban J connectivity index is 1.39. The number of rotatable bonds is 7. The maximum atomic E-state index is 13.5. The van der Waals surface area contributed by atoms with Crippen LogP contribution in [0.3, 0.4) is 0 Å². The second-order valence-electron chi connectivity index (χ2n) is 6.66. The van der Waals surface area contributed by atoms with Crippen molar-refractivity contribution in [3.63, 3.8) is 0 Å². The third-order valence-electron chi connectivity index (χ3n) is 4.32. The first-order chi connectivity index (χ1) is 15.3. The molecule has 0 aliphatic heterocycles. The lowest BCUT2D eigenvalue weighted by molar-refractivity contribution is -0.121. The molecule has 0 unspecified atom stereocenters. The van der Waals surface area contributed by atoms with Crippen LogP contribution in [0.15, 0.2) is 54.6 Å². The zero-order valence-corrected chi connectivity index (χ0v) is 17.4. The Hall–Kier alpha value is -3.66. The molecule has 0 saturated heterocycles. The number of carbonyl (C=O) groups is 3. The number of carbonyl (C=O) groups excluding carboxylic acids is 3. The zero-order chi connectivity index (χ0) is 23.1. The topological polar surface area (TPSA) is 87.3 Å². The molecule has 6 nitrogen and oxygen atoms in total. The average Bonchev–Trinajstić information content (AvgIpc) is 3.26. The Morgan fingerprint density at radius 3 is 2.25 bits per heavy atom. The molecule has 3 rings (SSSR count). The maximum absolute atomic E-state index is 13.5. The number of hydrogen-bond donors (Lipinski definition) is 3. The SMILES string of the molecule is O=C(CCCNC(=O)c1ccc(F)cc1F)NNC(=O)c1ccc(-c2ccc(F)cc2)s1. The van der Waals surface area contributed by atoms with Gasteiger partial charge in [-0.2, -0.15) is 0 Å². The van der Waals surface area contributed by atoms with E-state index in [-0.39, 0.29) is 30.8 Å². The molecule has 0 saturated carbocycles. The van der Waals surface area contributed by atoms with Crippen LogP contribution in [0, 0.1) is 17.5 Å². The molecule has 166 valence electrons. The van der Waals surface area contributed by atoms with Crippen LogP contribution >= 0.6 is 11.3 Å². The van der Waals surface area contributed by atoms with Gasteiger partial charge in [0, 0.05) is 23.9 Å². The molecule has 0 fully saturated rings. The van der Waals surface area contributed by atoms with Gasteiger partial charge < -0.3 is 5.32 Å². The summed E-state index contributed by atoms with van der Waals surface area (Å²) < 4.78 is 39.4. The molecule has 1 heterocycles. The first-order valence-corrected chi connectivity index (χ1v) is 10.3. The Bertz CT molecular complexity index is 1130. The number of hydrogen-bond acceptors (Lipinski definition) is 4. The van der Waals surface area contributed by atoms with Crippen molar-refractivity contribution in [1.82, 2.24) is 16.2 Å². The summed E-state index contributed by atoms with van der Waals surface area (Å²) in [7, 11) is 0. The van der Waals surface area contributed by atoms with Crippen molar-refractivity contribution in [1.29, 1.82) is 0 Å². The molecule has 0 spiro atoms. The van der Waals surface area contributed by atoms with Gasteiger partial charge in [-0.25, -0.2) is 13.2 Å². The largest absolute Gasteiger partial charge is 0.352 e. The summed E-state index contributed by atoms with van der Waals surface area (Å²) in [5, 5.41) is 2.44. The monoisotopic (exact) mass is 461 g/mol. The predicted octanol–water partition coefficient (Wildman–Crippen LogP) is 3.80. The summed E-state index contributed by atoms with van der Waals surface area (Å²) >= 11 is 1.19. The molecule has 3 amide bonds. The van der Waals surface area contributed by atoms with E-state index in [0.29, 0.717) is 10.9 Å². The predicted molar refractivity (Wildman–Crippen MR) is 113 cm³/mol. The van der Waals surface area contributed by atoms with Crippen LogP contribution in [0.5, 0.6) is 0 Å². The molecular formula is C22H18F3N3O3S. The van der Waals surface area contributed by atoms with Crippen molar-refractivity contribution < 1.29 is 27.6 Å². The standard InChI is InChI=1S/C22H18F3N3O3S/c23-14-5-3-13(4-6-14)18-9-10-19(32-18)22(31)28-27-20(29)2-1-11-26-21(30)16-8-7-15(24)12-17(16)25/h3-10,12H,1-2,11H2,(H,26,30)(H,27,29)(H,28,31). The van der Waals surface area contributed by atoms with Crippen LogP contribution < -0.4 is 16.2 Å². The van der Waals surface area contributed by atoms with E-state index in [0.717, 1.165) is 22.6 Å². The summed E-state index contributed by atoms with van der Waals surface area (Å²) in [5.41, 5.74) is 5.05. The van der Waals surface area contributed by atoms with Gasteiger partial charge >= 0.3 is 0 Å². The van der Waals surface area contributed by atoms with E-state index in [1.807, 2.05) is 0 Å². The quantitative estimate of drug-likeness (QED) is 0.370.